The molecule has 0 atom stereocenters. The van der Waals surface area contributed by atoms with Gasteiger partial charge in [0.2, 0.25) is 0 Å². The number of aryl methyl sites for hydroxylation is 1. The molecule has 2 heterocycles. The molecular weight excluding hydrogens is 447 g/mol. The number of guanidine groups is 1. The molecule has 0 aliphatic carbocycles. The first-order valence-electron chi connectivity index (χ1n) is 8.94. The molecule has 0 aromatic carbocycles. The summed E-state index contributed by atoms with van der Waals surface area (Å²) in [4.78, 5) is 14.9. The highest BCUT2D eigenvalue weighted by Crippen LogP contribution is 2.10. The lowest BCUT2D eigenvalue weighted by Gasteiger charge is -2.32. The predicted octanol–water partition coefficient (Wildman–Crippen LogP) is 1.80. The number of thiazole rings is 1. The molecule has 144 valence electrons. The predicted molar refractivity (Wildman–Crippen MR) is 119 cm³/mol. The summed E-state index contributed by atoms with van der Waals surface area (Å²) in [5.41, 5.74) is 0. The van der Waals surface area contributed by atoms with E-state index < -0.39 is 0 Å². The lowest BCUT2D eigenvalue weighted by Crippen LogP contribution is -2.44. The van der Waals surface area contributed by atoms with Gasteiger partial charge in [-0.2, -0.15) is 0 Å². The number of piperazine rings is 1. The summed E-state index contributed by atoms with van der Waals surface area (Å²) in [6.45, 7) is 9.98. The highest BCUT2D eigenvalue weighted by Gasteiger charge is 2.12. The Kier molecular flexibility index (Phi) is 11.6. The Balaban J connectivity index is 0.00000312. The number of aromatic nitrogens is 1. The van der Waals surface area contributed by atoms with Gasteiger partial charge in [-0.05, 0) is 33.4 Å². The van der Waals surface area contributed by atoms with Crippen LogP contribution in [0, 0.1) is 6.92 Å². The van der Waals surface area contributed by atoms with Crippen LogP contribution in [0.25, 0.3) is 0 Å². The molecule has 2 rings (SSSR count). The van der Waals surface area contributed by atoms with Crippen LogP contribution >= 0.6 is 35.3 Å². The minimum atomic E-state index is 0. The first kappa shape index (κ1) is 22.6. The molecule has 6 nitrogen and oxygen atoms in total. The normalized spacial score (nSPS) is 16.5. The van der Waals surface area contributed by atoms with Gasteiger partial charge in [0.25, 0.3) is 0 Å². The lowest BCUT2D eigenvalue weighted by atomic mass is 10.2. The second-order valence-electron chi connectivity index (χ2n) is 6.39. The number of nitrogens with zero attached hydrogens (tertiary/aromatic N) is 4. The van der Waals surface area contributed by atoms with E-state index in [0.717, 1.165) is 25.5 Å². The zero-order valence-electron chi connectivity index (χ0n) is 15.8. The topological polar surface area (TPSA) is 55.8 Å². The molecule has 25 heavy (non-hydrogen) atoms. The summed E-state index contributed by atoms with van der Waals surface area (Å²) in [6.07, 6.45) is 5.31. The number of likely N-dealkylation sites (N-methyl/N-ethyl adjacent to an activating group) is 1. The van der Waals surface area contributed by atoms with E-state index in [1.165, 1.54) is 55.5 Å². The fourth-order valence-electron chi connectivity index (χ4n) is 2.76. The van der Waals surface area contributed by atoms with Gasteiger partial charge in [-0.3, -0.25) is 4.99 Å². The van der Waals surface area contributed by atoms with E-state index in [1.54, 1.807) is 11.3 Å². The summed E-state index contributed by atoms with van der Waals surface area (Å²) in [5.74, 6) is 0.892. The summed E-state index contributed by atoms with van der Waals surface area (Å²) in [6, 6.07) is 0. The highest BCUT2D eigenvalue weighted by atomic mass is 127. The summed E-state index contributed by atoms with van der Waals surface area (Å²) >= 11 is 1.77. The highest BCUT2D eigenvalue weighted by molar-refractivity contribution is 14.0. The van der Waals surface area contributed by atoms with Crippen LogP contribution < -0.4 is 10.6 Å². The van der Waals surface area contributed by atoms with Crippen LogP contribution in [0.3, 0.4) is 0 Å². The van der Waals surface area contributed by atoms with Crippen LogP contribution in [-0.4, -0.2) is 80.7 Å². The molecule has 0 saturated carbocycles. The van der Waals surface area contributed by atoms with Crippen molar-refractivity contribution in [1.29, 1.82) is 0 Å². The Morgan fingerprint density at radius 2 is 1.92 bits per heavy atom. The first-order valence-corrected chi connectivity index (χ1v) is 9.76. The lowest BCUT2D eigenvalue weighted by molar-refractivity contribution is 0.152. The van der Waals surface area contributed by atoms with Gasteiger partial charge in [0.15, 0.2) is 5.96 Å². The quantitative estimate of drug-likeness (QED) is 0.257. The van der Waals surface area contributed by atoms with E-state index in [2.05, 4.69) is 44.4 Å². The van der Waals surface area contributed by atoms with Crippen LogP contribution in [-0.2, 0) is 6.42 Å². The second kappa shape index (κ2) is 12.8. The van der Waals surface area contributed by atoms with Crippen molar-refractivity contribution in [1.82, 2.24) is 25.4 Å². The van der Waals surface area contributed by atoms with E-state index in [1.807, 2.05) is 13.2 Å². The minimum absolute atomic E-state index is 0. The van der Waals surface area contributed by atoms with E-state index in [0.29, 0.717) is 0 Å². The standard InChI is InChI=1S/C17H32N6S.HI/c1-15-14-21-16(24-15)6-8-20-17(18-2)19-7-4-5-9-23-12-10-22(3)11-13-23;/h14H,4-13H2,1-3H3,(H2,18,19,20);1H. The molecule has 0 amide bonds. The molecule has 1 saturated heterocycles. The number of aliphatic imine (C=N–C) groups is 1. The Hall–Kier alpha value is -0.450. The summed E-state index contributed by atoms with van der Waals surface area (Å²) < 4.78 is 0. The fraction of sp³-hybridized carbons (Fsp3) is 0.765. The zero-order valence-corrected chi connectivity index (χ0v) is 18.9. The van der Waals surface area contributed by atoms with Gasteiger partial charge in [-0.15, -0.1) is 35.3 Å². The number of nitrogens with one attached hydrogen (secondary N) is 2. The van der Waals surface area contributed by atoms with Crippen molar-refractivity contribution in [2.45, 2.75) is 26.2 Å². The molecule has 8 heteroatoms. The van der Waals surface area contributed by atoms with Gasteiger partial charge in [0.05, 0.1) is 5.01 Å². The number of halogens is 1. The average molecular weight is 480 g/mol. The molecular formula is C17H33IN6S. The molecule has 2 N–H and O–H groups in total. The smallest absolute Gasteiger partial charge is 0.190 e. The van der Waals surface area contributed by atoms with Crippen molar-refractivity contribution in [3.63, 3.8) is 0 Å². The van der Waals surface area contributed by atoms with Crippen LogP contribution in [0.4, 0.5) is 0 Å². The average Bonchev–Trinajstić information content (AvgIpc) is 3.00. The summed E-state index contributed by atoms with van der Waals surface area (Å²) in [7, 11) is 4.03. The third-order valence-corrected chi connectivity index (χ3v) is 5.29. The van der Waals surface area contributed by atoms with Crippen molar-refractivity contribution in [2.75, 3.05) is 59.9 Å². The van der Waals surface area contributed by atoms with Crippen LogP contribution in [0.1, 0.15) is 22.7 Å². The van der Waals surface area contributed by atoms with E-state index in [4.69, 9.17) is 0 Å². The summed E-state index contributed by atoms with van der Waals surface area (Å²) in [5, 5.41) is 7.95. The molecule has 1 aliphatic rings. The Bertz CT molecular complexity index is 499. The SMILES string of the molecule is CN=C(NCCCCN1CCN(C)CC1)NCCc1ncc(C)s1.I. The van der Waals surface area contributed by atoms with Gasteiger partial charge in [-0.1, -0.05) is 0 Å². The maximum absolute atomic E-state index is 4.38. The molecule has 1 aromatic rings. The van der Waals surface area contributed by atoms with Crippen molar-refractivity contribution < 1.29 is 0 Å². The zero-order chi connectivity index (χ0) is 17.2. The van der Waals surface area contributed by atoms with Gasteiger partial charge < -0.3 is 20.4 Å². The van der Waals surface area contributed by atoms with E-state index in [-0.39, 0.29) is 24.0 Å². The Labute approximate surface area is 173 Å². The number of rotatable bonds is 8. The van der Waals surface area contributed by atoms with Gasteiger partial charge in [-0.25, -0.2) is 4.98 Å². The van der Waals surface area contributed by atoms with Crippen LogP contribution in [0.5, 0.6) is 0 Å². The first-order chi connectivity index (χ1) is 11.7. The van der Waals surface area contributed by atoms with E-state index >= 15 is 0 Å². The molecule has 1 aromatic heterocycles. The third-order valence-electron chi connectivity index (χ3n) is 4.31. The monoisotopic (exact) mass is 480 g/mol. The van der Waals surface area contributed by atoms with Crippen molar-refractivity contribution in [3.05, 3.63) is 16.1 Å². The van der Waals surface area contributed by atoms with Crippen molar-refractivity contribution in [3.8, 4) is 0 Å². The number of hydrogen-bond donors (Lipinski definition) is 2. The maximum atomic E-state index is 4.38. The molecule has 0 bridgehead atoms. The molecule has 1 fully saturated rings. The maximum Gasteiger partial charge on any atom is 0.190 e. The molecule has 0 radical (unpaired) electrons. The fourth-order valence-corrected chi connectivity index (χ4v) is 3.55. The van der Waals surface area contributed by atoms with E-state index in [9.17, 15) is 0 Å². The van der Waals surface area contributed by atoms with Gasteiger partial charge in [0, 0.05) is 63.8 Å². The minimum Gasteiger partial charge on any atom is -0.356 e. The van der Waals surface area contributed by atoms with Gasteiger partial charge in [0.1, 0.15) is 0 Å². The molecule has 0 unspecified atom stereocenters. The molecule has 0 spiro atoms. The Morgan fingerprint density at radius 1 is 1.20 bits per heavy atom. The number of hydrogen-bond acceptors (Lipinski definition) is 5. The van der Waals surface area contributed by atoms with Crippen molar-refractivity contribution in [2.24, 2.45) is 4.99 Å². The molecule has 1 aliphatic heterocycles. The largest absolute Gasteiger partial charge is 0.356 e. The van der Waals surface area contributed by atoms with Crippen LogP contribution in [0.15, 0.2) is 11.2 Å². The third kappa shape index (κ3) is 9.16. The van der Waals surface area contributed by atoms with Crippen LogP contribution in [0.2, 0.25) is 0 Å². The van der Waals surface area contributed by atoms with Crippen molar-refractivity contribution >= 4 is 41.3 Å². The second-order valence-corrected chi connectivity index (χ2v) is 7.71. The Morgan fingerprint density at radius 3 is 2.56 bits per heavy atom. The number of unbranched alkanes of at least 4 members (excludes halogenated alkanes) is 1. The van der Waals surface area contributed by atoms with Gasteiger partial charge >= 0.3 is 0 Å².